The van der Waals surface area contributed by atoms with Gasteiger partial charge in [-0.05, 0) is 24.1 Å². The highest BCUT2D eigenvalue weighted by atomic mass is 35.5. The molecule has 0 spiro atoms. The van der Waals surface area contributed by atoms with Crippen molar-refractivity contribution in [3.05, 3.63) is 52.4 Å². The van der Waals surface area contributed by atoms with Crippen LogP contribution in [0.3, 0.4) is 0 Å². The molecule has 0 saturated carbocycles. The Labute approximate surface area is 146 Å². The van der Waals surface area contributed by atoms with E-state index in [1.54, 1.807) is 6.07 Å². The summed E-state index contributed by atoms with van der Waals surface area (Å²) < 4.78 is 27.3. The number of nitrogens with zero attached hydrogens (tertiary/aromatic N) is 1. The first-order valence-electron chi connectivity index (χ1n) is 6.53. The minimum atomic E-state index is -3.53. The van der Waals surface area contributed by atoms with E-state index in [0.717, 1.165) is 16.9 Å². The Bertz CT molecular complexity index is 675. The van der Waals surface area contributed by atoms with E-state index in [4.69, 9.17) is 17.3 Å². The molecule has 0 aliphatic carbocycles. The van der Waals surface area contributed by atoms with Crippen LogP contribution in [0.1, 0.15) is 5.56 Å². The summed E-state index contributed by atoms with van der Waals surface area (Å²) in [5.41, 5.74) is 6.65. The first-order chi connectivity index (χ1) is 10.0. The van der Waals surface area contributed by atoms with E-state index in [0.29, 0.717) is 23.8 Å². The van der Waals surface area contributed by atoms with Gasteiger partial charge in [-0.3, -0.25) is 0 Å². The first kappa shape index (κ1) is 19.4. The van der Waals surface area contributed by atoms with Crippen LogP contribution in [0, 0.1) is 0 Å². The predicted octanol–water partition coefficient (Wildman–Crippen LogP) is 3.02. The summed E-state index contributed by atoms with van der Waals surface area (Å²) in [6.07, 6.45) is 0.652. The number of benzene rings is 1. The van der Waals surface area contributed by atoms with Crippen LogP contribution in [0.25, 0.3) is 0 Å². The van der Waals surface area contributed by atoms with Gasteiger partial charge in [-0.15, -0.1) is 23.7 Å². The molecule has 2 rings (SSSR count). The van der Waals surface area contributed by atoms with Crippen molar-refractivity contribution < 1.29 is 8.42 Å². The quantitative estimate of drug-likeness (QED) is 0.802. The second kappa shape index (κ2) is 8.86. The fourth-order valence-corrected chi connectivity index (χ4v) is 5.05. The Hall–Kier alpha value is -0.630. The van der Waals surface area contributed by atoms with Crippen molar-refractivity contribution in [2.45, 2.75) is 10.6 Å². The summed E-state index contributed by atoms with van der Waals surface area (Å²) >= 11 is 6.90. The highest BCUT2D eigenvalue weighted by Crippen LogP contribution is 2.28. The minimum Gasteiger partial charge on any atom is -0.329 e. The van der Waals surface area contributed by atoms with E-state index in [1.165, 1.54) is 10.4 Å². The fourth-order valence-electron chi connectivity index (χ4n) is 1.96. The maximum Gasteiger partial charge on any atom is 0.252 e. The second-order valence-corrected chi connectivity index (χ2v) is 8.37. The third kappa shape index (κ3) is 4.94. The Kier molecular flexibility index (Phi) is 7.82. The number of rotatable bonds is 7. The number of nitrogens with two attached hydrogens (primary N) is 1. The van der Waals surface area contributed by atoms with Crippen LogP contribution in [0.5, 0.6) is 0 Å². The van der Waals surface area contributed by atoms with Gasteiger partial charge in [-0.1, -0.05) is 41.9 Å². The lowest BCUT2D eigenvalue weighted by Gasteiger charge is -2.20. The number of hydrogen-bond donors (Lipinski definition) is 1. The van der Waals surface area contributed by atoms with Crippen LogP contribution in [-0.2, 0) is 16.4 Å². The lowest BCUT2D eigenvalue weighted by Crippen LogP contribution is -2.36. The first-order valence-corrected chi connectivity index (χ1v) is 9.17. The molecular formula is C14H18Cl2N2O2S2. The smallest absolute Gasteiger partial charge is 0.252 e. The molecule has 0 fully saturated rings. The molecule has 0 atom stereocenters. The zero-order valence-corrected chi connectivity index (χ0v) is 15.0. The third-order valence-electron chi connectivity index (χ3n) is 3.01. The zero-order valence-electron chi connectivity index (χ0n) is 11.8. The average molecular weight is 381 g/mol. The maximum atomic E-state index is 12.6. The standard InChI is InChI=1S/C14H17ClN2O2S2.ClH/c15-13-6-7-14(20-13)21(18,19)17(11-9-16)10-8-12-4-2-1-3-5-12;/h1-7H,8-11,16H2;1H. The Balaban J connectivity index is 0.00000242. The minimum absolute atomic E-state index is 0. The van der Waals surface area contributed by atoms with Gasteiger partial charge in [0.1, 0.15) is 4.21 Å². The second-order valence-electron chi connectivity index (χ2n) is 4.49. The monoisotopic (exact) mass is 380 g/mol. The van der Waals surface area contributed by atoms with E-state index in [1.807, 2.05) is 30.3 Å². The number of thiophene rings is 1. The Morgan fingerprint density at radius 2 is 1.77 bits per heavy atom. The molecule has 1 aromatic carbocycles. The molecule has 22 heavy (non-hydrogen) atoms. The highest BCUT2D eigenvalue weighted by Gasteiger charge is 2.25. The normalized spacial score (nSPS) is 11.4. The van der Waals surface area contributed by atoms with E-state index < -0.39 is 10.0 Å². The summed E-state index contributed by atoms with van der Waals surface area (Å²) in [7, 11) is -3.53. The van der Waals surface area contributed by atoms with Gasteiger partial charge >= 0.3 is 0 Å². The van der Waals surface area contributed by atoms with Crippen molar-refractivity contribution in [3.8, 4) is 0 Å². The molecule has 4 nitrogen and oxygen atoms in total. The van der Waals surface area contributed by atoms with Crippen LogP contribution < -0.4 is 5.73 Å². The lowest BCUT2D eigenvalue weighted by molar-refractivity contribution is 0.423. The summed E-state index contributed by atoms with van der Waals surface area (Å²) in [5, 5.41) is 0. The maximum absolute atomic E-state index is 12.6. The van der Waals surface area contributed by atoms with Crippen molar-refractivity contribution in [1.82, 2.24) is 4.31 Å². The number of hydrogen-bond acceptors (Lipinski definition) is 4. The molecule has 0 aliphatic heterocycles. The zero-order chi connectivity index (χ0) is 15.3. The van der Waals surface area contributed by atoms with E-state index in [-0.39, 0.29) is 23.2 Å². The van der Waals surface area contributed by atoms with Crippen LogP contribution in [-0.4, -0.2) is 32.4 Å². The van der Waals surface area contributed by atoms with Gasteiger partial charge in [0, 0.05) is 19.6 Å². The Morgan fingerprint density at radius 1 is 1.09 bits per heavy atom. The van der Waals surface area contributed by atoms with Gasteiger partial charge in [-0.2, -0.15) is 4.31 Å². The fraction of sp³-hybridized carbons (Fsp3) is 0.286. The third-order valence-corrected chi connectivity index (χ3v) is 6.61. The van der Waals surface area contributed by atoms with Gasteiger partial charge in [0.05, 0.1) is 4.34 Å². The molecule has 0 unspecified atom stereocenters. The van der Waals surface area contributed by atoms with Crippen LogP contribution in [0.15, 0.2) is 46.7 Å². The number of sulfonamides is 1. The average Bonchev–Trinajstić information content (AvgIpc) is 2.92. The lowest BCUT2D eigenvalue weighted by atomic mass is 10.1. The van der Waals surface area contributed by atoms with Crippen LogP contribution in [0.4, 0.5) is 0 Å². The van der Waals surface area contributed by atoms with Gasteiger partial charge in [0.2, 0.25) is 0 Å². The predicted molar refractivity (Wildman–Crippen MR) is 94.5 cm³/mol. The molecule has 122 valence electrons. The van der Waals surface area contributed by atoms with E-state index in [2.05, 4.69) is 0 Å². The summed E-state index contributed by atoms with van der Waals surface area (Å²) in [5.74, 6) is 0. The van der Waals surface area contributed by atoms with Crippen LogP contribution >= 0.6 is 35.3 Å². The molecule has 8 heteroatoms. The summed E-state index contributed by atoms with van der Waals surface area (Å²) in [6, 6.07) is 12.9. The largest absolute Gasteiger partial charge is 0.329 e. The molecule has 0 aliphatic rings. The molecule has 0 saturated heterocycles. The molecule has 2 N–H and O–H groups in total. The number of halogens is 2. The SMILES string of the molecule is Cl.NCCN(CCc1ccccc1)S(=O)(=O)c1ccc(Cl)s1. The molecule has 1 aromatic heterocycles. The van der Waals surface area contributed by atoms with Crippen molar-refractivity contribution >= 4 is 45.4 Å². The van der Waals surface area contributed by atoms with Gasteiger partial charge in [0.15, 0.2) is 0 Å². The highest BCUT2D eigenvalue weighted by molar-refractivity contribution is 7.91. The van der Waals surface area contributed by atoms with Crippen molar-refractivity contribution in [1.29, 1.82) is 0 Å². The van der Waals surface area contributed by atoms with Gasteiger partial charge in [-0.25, -0.2) is 8.42 Å². The molecule has 0 bridgehead atoms. The molecular weight excluding hydrogens is 363 g/mol. The Morgan fingerprint density at radius 3 is 2.32 bits per heavy atom. The van der Waals surface area contributed by atoms with Crippen molar-refractivity contribution in [2.24, 2.45) is 5.73 Å². The molecule has 2 aromatic rings. The van der Waals surface area contributed by atoms with Crippen molar-refractivity contribution in [2.75, 3.05) is 19.6 Å². The van der Waals surface area contributed by atoms with Crippen LogP contribution in [0.2, 0.25) is 4.34 Å². The summed E-state index contributed by atoms with van der Waals surface area (Å²) in [4.78, 5) is 0. The summed E-state index contributed by atoms with van der Waals surface area (Å²) in [6.45, 7) is 0.983. The molecule has 0 amide bonds. The van der Waals surface area contributed by atoms with E-state index >= 15 is 0 Å². The van der Waals surface area contributed by atoms with Gasteiger partial charge in [0.25, 0.3) is 10.0 Å². The van der Waals surface area contributed by atoms with E-state index in [9.17, 15) is 8.42 Å². The molecule has 0 radical (unpaired) electrons. The van der Waals surface area contributed by atoms with Crippen molar-refractivity contribution in [3.63, 3.8) is 0 Å². The van der Waals surface area contributed by atoms with Gasteiger partial charge < -0.3 is 5.73 Å². The molecule has 1 heterocycles. The topological polar surface area (TPSA) is 63.4 Å².